The van der Waals surface area contributed by atoms with E-state index in [1.54, 1.807) is 25.7 Å². The van der Waals surface area contributed by atoms with Crippen molar-refractivity contribution in [1.82, 2.24) is 15.5 Å². The Labute approximate surface area is 222 Å². The van der Waals surface area contributed by atoms with Crippen LogP contribution >= 0.6 is 12.6 Å². The Morgan fingerprint density at radius 3 is 2.19 bits per heavy atom. The predicted molar refractivity (Wildman–Crippen MR) is 147 cm³/mol. The van der Waals surface area contributed by atoms with Crippen molar-refractivity contribution >= 4 is 30.5 Å². The van der Waals surface area contributed by atoms with Crippen LogP contribution < -0.4 is 10.6 Å². The molecule has 2 N–H and O–H groups in total. The largest absolute Gasteiger partial charge is 0.444 e. The van der Waals surface area contributed by atoms with Gasteiger partial charge < -0.3 is 20.3 Å². The van der Waals surface area contributed by atoms with E-state index in [2.05, 4.69) is 23.3 Å². The summed E-state index contributed by atoms with van der Waals surface area (Å²) >= 11 is 4.36. The van der Waals surface area contributed by atoms with Crippen molar-refractivity contribution in [2.75, 3.05) is 5.75 Å². The molecule has 1 aromatic rings. The number of benzene rings is 1. The number of rotatable bonds is 7. The number of ether oxygens (including phenoxy) is 1. The minimum atomic E-state index is -0.961. The second kappa shape index (κ2) is 12.3. The van der Waals surface area contributed by atoms with Gasteiger partial charge in [-0.15, -0.1) is 0 Å². The van der Waals surface area contributed by atoms with E-state index < -0.39 is 29.3 Å². The topological polar surface area (TPSA) is 87.7 Å². The van der Waals surface area contributed by atoms with Crippen LogP contribution in [0.15, 0.2) is 18.2 Å². The lowest BCUT2D eigenvalue weighted by molar-refractivity contribution is -0.148. The zero-order valence-electron chi connectivity index (χ0n) is 23.2. The van der Waals surface area contributed by atoms with Gasteiger partial charge >= 0.3 is 6.09 Å². The summed E-state index contributed by atoms with van der Waals surface area (Å²) in [6.07, 6.45) is 4.53. The molecule has 0 bridgehead atoms. The lowest BCUT2D eigenvalue weighted by Crippen LogP contribution is -2.59. The standard InChI is InChI=1S/C28H45N3O4S/c1-18-13-12-16-21(19(18)2)23(24(32)29-20-14-10-9-11-15-20)31(27(3,4)5)25(33)22(17-36)30-26(34)35-28(6,7)8/h12-13,16,20,22-23,36H,9-11,14-15,17H2,1-8H3,(H,29,32)(H,30,34). The van der Waals surface area contributed by atoms with Crippen molar-refractivity contribution < 1.29 is 19.1 Å². The highest BCUT2D eigenvalue weighted by Gasteiger charge is 2.42. The van der Waals surface area contributed by atoms with Gasteiger partial charge in [0, 0.05) is 17.3 Å². The second-order valence-corrected chi connectivity index (χ2v) is 12.2. The van der Waals surface area contributed by atoms with Crippen LogP contribution in [0.2, 0.25) is 0 Å². The maximum Gasteiger partial charge on any atom is 0.408 e. The average molecular weight is 520 g/mol. The van der Waals surface area contributed by atoms with Gasteiger partial charge in [0.25, 0.3) is 0 Å². The molecule has 0 aromatic heterocycles. The summed E-state index contributed by atoms with van der Waals surface area (Å²) < 4.78 is 5.38. The summed E-state index contributed by atoms with van der Waals surface area (Å²) in [6.45, 7) is 15.0. The molecule has 1 fully saturated rings. The first-order chi connectivity index (χ1) is 16.7. The van der Waals surface area contributed by atoms with E-state index in [0.717, 1.165) is 42.4 Å². The van der Waals surface area contributed by atoms with Gasteiger partial charge in [-0.05, 0) is 84.9 Å². The molecule has 36 heavy (non-hydrogen) atoms. The van der Waals surface area contributed by atoms with E-state index in [1.807, 2.05) is 52.8 Å². The number of carbonyl (C=O) groups excluding carboxylic acids is 3. The predicted octanol–water partition coefficient (Wildman–Crippen LogP) is 5.24. The number of hydrogen-bond acceptors (Lipinski definition) is 5. The van der Waals surface area contributed by atoms with Gasteiger partial charge in [-0.25, -0.2) is 4.79 Å². The normalized spacial score (nSPS) is 16.6. The van der Waals surface area contributed by atoms with Crippen LogP contribution in [0.3, 0.4) is 0 Å². The number of thiol groups is 1. The Kier molecular flexibility index (Phi) is 10.3. The zero-order chi connectivity index (χ0) is 27.3. The van der Waals surface area contributed by atoms with Gasteiger partial charge in [-0.2, -0.15) is 12.6 Å². The Bertz CT molecular complexity index is 930. The van der Waals surface area contributed by atoms with E-state index in [4.69, 9.17) is 4.74 Å². The van der Waals surface area contributed by atoms with E-state index in [0.29, 0.717) is 0 Å². The summed E-state index contributed by atoms with van der Waals surface area (Å²) in [5.74, 6) is -0.517. The van der Waals surface area contributed by atoms with Crippen LogP contribution in [0.1, 0.15) is 96.4 Å². The van der Waals surface area contributed by atoms with Crippen LogP contribution in [-0.2, 0) is 14.3 Å². The van der Waals surface area contributed by atoms with Gasteiger partial charge in [-0.3, -0.25) is 9.59 Å². The molecule has 202 valence electrons. The van der Waals surface area contributed by atoms with E-state index in [1.165, 1.54) is 6.42 Å². The van der Waals surface area contributed by atoms with Crippen molar-refractivity contribution in [3.8, 4) is 0 Å². The van der Waals surface area contributed by atoms with E-state index in [-0.39, 0.29) is 23.6 Å². The SMILES string of the molecule is Cc1cccc(C(C(=O)NC2CCCCC2)N(C(=O)C(CS)NC(=O)OC(C)(C)C)C(C)(C)C)c1C. The number of aryl methyl sites for hydroxylation is 1. The van der Waals surface area contributed by atoms with E-state index >= 15 is 0 Å². The summed E-state index contributed by atoms with van der Waals surface area (Å²) in [6, 6.07) is 4.10. The molecule has 0 aliphatic heterocycles. The number of alkyl carbamates (subject to hydrolysis) is 1. The fourth-order valence-corrected chi connectivity index (χ4v) is 4.89. The molecule has 3 amide bonds. The van der Waals surface area contributed by atoms with Crippen molar-refractivity contribution in [1.29, 1.82) is 0 Å². The third-order valence-electron chi connectivity index (χ3n) is 6.53. The molecule has 0 radical (unpaired) electrons. The molecule has 1 aliphatic rings. The maximum absolute atomic E-state index is 14.1. The molecule has 2 rings (SSSR count). The van der Waals surface area contributed by atoms with Gasteiger partial charge in [0.15, 0.2) is 0 Å². The number of carbonyl (C=O) groups is 3. The van der Waals surface area contributed by atoms with Crippen LogP contribution in [0, 0.1) is 13.8 Å². The minimum Gasteiger partial charge on any atom is -0.444 e. The zero-order valence-corrected chi connectivity index (χ0v) is 24.1. The molecule has 2 unspecified atom stereocenters. The molecule has 8 heteroatoms. The number of nitrogens with one attached hydrogen (secondary N) is 2. The van der Waals surface area contributed by atoms with Crippen molar-refractivity contribution in [2.45, 2.75) is 117 Å². The minimum absolute atomic E-state index is 0.0639. The Hall–Kier alpha value is -2.22. The molecule has 1 aromatic carbocycles. The molecule has 7 nitrogen and oxygen atoms in total. The molecule has 0 heterocycles. The smallest absolute Gasteiger partial charge is 0.408 e. The molecule has 0 saturated heterocycles. The molecule has 1 saturated carbocycles. The lowest BCUT2D eigenvalue weighted by Gasteiger charge is -2.43. The first-order valence-electron chi connectivity index (χ1n) is 13.0. The van der Waals surface area contributed by atoms with Gasteiger partial charge in [-0.1, -0.05) is 37.5 Å². The molecular formula is C28H45N3O4S. The molecule has 0 spiro atoms. The maximum atomic E-state index is 14.1. The molecular weight excluding hydrogens is 474 g/mol. The van der Waals surface area contributed by atoms with Crippen molar-refractivity contribution in [3.05, 3.63) is 34.9 Å². The molecule has 2 atom stereocenters. The average Bonchev–Trinajstić information content (AvgIpc) is 2.76. The summed E-state index contributed by atoms with van der Waals surface area (Å²) in [4.78, 5) is 42.1. The van der Waals surface area contributed by atoms with Crippen LogP contribution in [0.4, 0.5) is 4.79 Å². The lowest BCUT2D eigenvalue weighted by atomic mass is 9.90. The van der Waals surface area contributed by atoms with Gasteiger partial charge in [0.05, 0.1) is 0 Å². The quantitative estimate of drug-likeness (QED) is 0.430. The summed E-state index contributed by atoms with van der Waals surface area (Å²) in [7, 11) is 0. The van der Waals surface area contributed by atoms with E-state index in [9.17, 15) is 14.4 Å². The Balaban J connectivity index is 2.51. The van der Waals surface area contributed by atoms with Crippen LogP contribution in [-0.4, -0.2) is 51.8 Å². The third kappa shape index (κ3) is 8.15. The fourth-order valence-electron chi connectivity index (χ4n) is 4.64. The van der Waals surface area contributed by atoms with Crippen LogP contribution in [0.5, 0.6) is 0 Å². The molecule has 1 aliphatic carbocycles. The second-order valence-electron chi connectivity index (χ2n) is 11.8. The van der Waals surface area contributed by atoms with Crippen molar-refractivity contribution in [2.24, 2.45) is 0 Å². The summed E-state index contributed by atoms with van der Waals surface area (Å²) in [5.41, 5.74) is 1.35. The van der Waals surface area contributed by atoms with Crippen LogP contribution in [0.25, 0.3) is 0 Å². The number of amides is 3. The van der Waals surface area contributed by atoms with Crippen molar-refractivity contribution in [3.63, 3.8) is 0 Å². The monoisotopic (exact) mass is 519 g/mol. The fraction of sp³-hybridized carbons (Fsp3) is 0.679. The summed E-state index contributed by atoms with van der Waals surface area (Å²) in [5, 5.41) is 5.90. The van der Waals surface area contributed by atoms with Gasteiger partial charge in [0.1, 0.15) is 17.7 Å². The Morgan fingerprint density at radius 1 is 1.06 bits per heavy atom. The number of nitrogens with zero attached hydrogens (tertiary/aromatic N) is 1. The third-order valence-corrected chi connectivity index (χ3v) is 6.90. The first kappa shape index (κ1) is 30.0. The highest BCUT2D eigenvalue weighted by Crippen LogP contribution is 2.33. The Morgan fingerprint density at radius 2 is 1.67 bits per heavy atom. The highest BCUT2D eigenvalue weighted by molar-refractivity contribution is 7.80. The first-order valence-corrected chi connectivity index (χ1v) is 13.6. The van der Waals surface area contributed by atoms with Gasteiger partial charge in [0.2, 0.25) is 11.8 Å². The highest BCUT2D eigenvalue weighted by atomic mass is 32.1. The number of hydrogen-bond donors (Lipinski definition) is 3.